The highest BCUT2D eigenvalue weighted by atomic mass is 32.2. The van der Waals surface area contributed by atoms with Gasteiger partial charge in [0.2, 0.25) is 20.0 Å². The van der Waals surface area contributed by atoms with Gasteiger partial charge >= 0.3 is 0 Å². The van der Waals surface area contributed by atoms with E-state index in [-0.39, 0.29) is 17.2 Å². The van der Waals surface area contributed by atoms with Crippen molar-refractivity contribution in [1.29, 1.82) is 0 Å². The summed E-state index contributed by atoms with van der Waals surface area (Å²) in [5.41, 5.74) is 4.93. The number of fused-ring (bicyclic) bond motifs is 1. The lowest BCUT2D eigenvalue weighted by molar-refractivity contribution is 0.391. The van der Waals surface area contributed by atoms with Crippen LogP contribution in [0.15, 0.2) is 71.6 Å². The van der Waals surface area contributed by atoms with Gasteiger partial charge in [-0.2, -0.15) is 4.31 Å². The normalized spacial score (nSPS) is 14.7. The highest BCUT2D eigenvalue weighted by Gasteiger charge is 2.28. The number of rotatable bonds is 6. The predicted molar refractivity (Wildman–Crippen MR) is 126 cm³/mol. The van der Waals surface area contributed by atoms with Crippen LogP contribution in [-0.2, 0) is 38.8 Å². The molecule has 0 aromatic heterocycles. The number of hydrogen-bond donors (Lipinski definition) is 1. The molecule has 0 bridgehead atoms. The monoisotopic (exact) mass is 470 g/mol. The summed E-state index contributed by atoms with van der Waals surface area (Å²) in [7, 11) is -7.23. The molecule has 0 radical (unpaired) electrons. The minimum absolute atomic E-state index is 0.120. The predicted octanol–water partition coefficient (Wildman–Crippen LogP) is 3.99. The molecule has 1 aliphatic heterocycles. The second-order valence-electron chi connectivity index (χ2n) is 8.17. The first-order valence-electron chi connectivity index (χ1n) is 10.4. The van der Waals surface area contributed by atoms with E-state index in [0.29, 0.717) is 18.7 Å². The first-order chi connectivity index (χ1) is 15.1. The molecule has 8 heteroatoms. The van der Waals surface area contributed by atoms with Gasteiger partial charge in [0.05, 0.1) is 10.6 Å². The van der Waals surface area contributed by atoms with Crippen molar-refractivity contribution in [3.8, 4) is 0 Å². The summed E-state index contributed by atoms with van der Waals surface area (Å²) < 4.78 is 55.6. The van der Waals surface area contributed by atoms with Crippen molar-refractivity contribution in [2.24, 2.45) is 0 Å². The maximum Gasteiger partial charge on any atom is 0.243 e. The van der Waals surface area contributed by atoms with E-state index in [4.69, 9.17) is 0 Å². The van der Waals surface area contributed by atoms with Crippen LogP contribution in [0, 0.1) is 13.8 Å². The van der Waals surface area contributed by atoms with Gasteiger partial charge in [0.15, 0.2) is 0 Å². The van der Waals surface area contributed by atoms with Gasteiger partial charge in [-0.1, -0.05) is 48.0 Å². The van der Waals surface area contributed by atoms with E-state index < -0.39 is 20.0 Å². The van der Waals surface area contributed by atoms with Crippen molar-refractivity contribution >= 4 is 25.7 Å². The van der Waals surface area contributed by atoms with Gasteiger partial charge < -0.3 is 0 Å². The SMILES string of the molecule is Cc1ccc(S(=O)(=O)N2CCc3ccc(NS(=O)(=O)Cc4ccccc4C)cc3C2)cc1. The standard InChI is InChI=1S/C24H26N2O4S2/c1-18-7-11-24(12-8-18)32(29,30)26-14-13-20-9-10-23(15-22(20)16-26)25-31(27,28)17-21-6-4-3-5-19(21)2/h3-12,15,25H,13-14,16-17H2,1-2H3. The molecule has 3 aromatic rings. The van der Waals surface area contributed by atoms with Gasteiger partial charge in [0.25, 0.3) is 0 Å². The zero-order valence-electron chi connectivity index (χ0n) is 18.1. The second kappa shape index (κ2) is 8.69. The van der Waals surface area contributed by atoms with E-state index in [2.05, 4.69) is 4.72 Å². The Morgan fingerprint density at radius 2 is 1.59 bits per heavy atom. The number of hydrogen-bond acceptors (Lipinski definition) is 4. The van der Waals surface area contributed by atoms with Crippen LogP contribution >= 0.6 is 0 Å². The van der Waals surface area contributed by atoms with Gasteiger partial charge in [-0.15, -0.1) is 0 Å². The number of aryl methyl sites for hydroxylation is 2. The van der Waals surface area contributed by atoms with Crippen molar-refractivity contribution in [3.05, 3.63) is 94.5 Å². The molecule has 1 aliphatic rings. The van der Waals surface area contributed by atoms with Crippen LogP contribution < -0.4 is 4.72 Å². The Labute approximate surface area is 190 Å². The lowest BCUT2D eigenvalue weighted by atomic mass is 10.0. The number of sulfonamides is 2. The Morgan fingerprint density at radius 1 is 0.875 bits per heavy atom. The van der Waals surface area contributed by atoms with Gasteiger partial charge in [-0.25, -0.2) is 16.8 Å². The smallest absolute Gasteiger partial charge is 0.243 e. The molecule has 0 atom stereocenters. The quantitative estimate of drug-likeness (QED) is 0.590. The Balaban J connectivity index is 1.54. The number of nitrogens with one attached hydrogen (secondary N) is 1. The summed E-state index contributed by atoms with van der Waals surface area (Å²) >= 11 is 0. The maximum absolute atomic E-state index is 13.1. The fourth-order valence-corrected chi connectivity index (χ4v) is 6.56. The molecule has 0 aliphatic carbocycles. The molecule has 4 rings (SSSR count). The Morgan fingerprint density at radius 3 is 2.31 bits per heavy atom. The Kier molecular flexibility index (Phi) is 6.11. The summed E-state index contributed by atoms with van der Waals surface area (Å²) in [6.07, 6.45) is 0.580. The van der Waals surface area contributed by atoms with Crippen molar-refractivity contribution in [1.82, 2.24) is 4.31 Å². The van der Waals surface area contributed by atoms with Crippen molar-refractivity contribution in [2.45, 2.75) is 37.5 Å². The van der Waals surface area contributed by atoms with E-state index in [1.165, 1.54) is 4.31 Å². The zero-order chi connectivity index (χ0) is 22.9. The van der Waals surface area contributed by atoms with E-state index in [1.807, 2.05) is 38.1 Å². The van der Waals surface area contributed by atoms with Crippen LogP contribution in [-0.4, -0.2) is 27.7 Å². The first kappa shape index (κ1) is 22.5. The lowest BCUT2D eigenvalue weighted by Crippen LogP contribution is -2.36. The molecule has 0 amide bonds. The molecule has 3 aromatic carbocycles. The lowest BCUT2D eigenvalue weighted by Gasteiger charge is -2.28. The fraction of sp³-hybridized carbons (Fsp3) is 0.250. The van der Waals surface area contributed by atoms with E-state index in [1.54, 1.807) is 42.5 Å². The van der Waals surface area contributed by atoms with Crippen LogP contribution in [0.4, 0.5) is 5.69 Å². The summed E-state index contributed by atoms with van der Waals surface area (Å²) in [5.74, 6) is -0.120. The van der Waals surface area contributed by atoms with E-state index >= 15 is 0 Å². The molecule has 6 nitrogen and oxygen atoms in total. The molecular formula is C24H26N2O4S2. The number of benzene rings is 3. The fourth-order valence-electron chi connectivity index (χ4n) is 3.85. The third kappa shape index (κ3) is 4.87. The van der Waals surface area contributed by atoms with Crippen LogP contribution in [0.3, 0.4) is 0 Å². The average molecular weight is 471 g/mol. The molecule has 1 N–H and O–H groups in total. The summed E-state index contributed by atoms with van der Waals surface area (Å²) in [4.78, 5) is 0.265. The first-order valence-corrected chi connectivity index (χ1v) is 13.5. The zero-order valence-corrected chi connectivity index (χ0v) is 19.7. The molecular weight excluding hydrogens is 444 g/mol. The number of anilines is 1. The molecule has 0 fully saturated rings. The van der Waals surface area contributed by atoms with Gasteiger partial charge in [0.1, 0.15) is 0 Å². The average Bonchev–Trinajstić information content (AvgIpc) is 2.75. The number of nitrogens with zero attached hydrogens (tertiary/aromatic N) is 1. The van der Waals surface area contributed by atoms with Crippen molar-refractivity contribution in [3.63, 3.8) is 0 Å². The maximum atomic E-state index is 13.1. The third-order valence-corrected chi connectivity index (χ3v) is 8.82. The molecule has 0 saturated heterocycles. The van der Waals surface area contributed by atoms with Gasteiger partial charge in [-0.3, -0.25) is 4.72 Å². The molecule has 0 spiro atoms. The molecule has 0 unspecified atom stereocenters. The van der Waals surface area contributed by atoms with Crippen LogP contribution in [0.5, 0.6) is 0 Å². The molecule has 0 saturated carbocycles. The minimum atomic E-state index is -3.62. The van der Waals surface area contributed by atoms with Crippen LogP contribution in [0.25, 0.3) is 0 Å². The third-order valence-electron chi connectivity index (χ3n) is 5.72. The molecule has 1 heterocycles. The van der Waals surface area contributed by atoms with E-state index in [0.717, 1.165) is 27.8 Å². The minimum Gasteiger partial charge on any atom is -0.283 e. The second-order valence-corrected chi connectivity index (χ2v) is 11.8. The summed E-state index contributed by atoms with van der Waals surface area (Å²) in [5, 5.41) is 0. The van der Waals surface area contributed by atoms with E-state index in [9.17, 15) is 16.8 Å². The summed E-state index contributed by atoms with van der Waals surface area (Å²) in [6.45, 7) is 4.39. The molecule has 32 heavy (non-hydrogen) atoms. The Hall–Kier alpha value is -2.68. The topological polar surface area (TPSA) is 83.6 Å². The van der Waals surface area contributed by atoms with Crippen molar-refractivity contribution in [2.75, 3.05) is 11.3 Å². The van der Waals surface area contributed by atoms with Crippen LogP contribution in [0.1, 0.15) is 27.8 Å². The van der Waals surface area contributed by atoms with Gasteiger partial charge in [0, 0.05) is 18.8 Å². The van der Waals surface area contributed by atoms with Gasteiger partial charge in [-0.05, 0) is 66.8 Å². The molecule has 168 valence electrons. The summed E-state index contributed by atoms with van der Waals surface area (Å²) in [6, 6.07) is 19.5. The Bertz CT molecular complexity index is 1350. The van der Waals surface area contributed by atoms with Crippen molar-refractivity contribution < 1.29 is 16.8 Å². The largest absolute Gasteiger partial charge is 0.283 e. The van der Waals surface area contributed by atoms with Crippen LogP contribution in [0.2, 0.25) is 0 Å². The highest BCUT2D eigenvalue weighted by molar-refractivity contribution is 7.92. The highest BCUT2D eigenvalue weighted by Crippen LogP contribution is 2.28.